The third-order valence-electron chi connectivity index (χ3n) is 2.68. The summed E-state index contributed by atoms with van der Waals surface area (Å²) in [6, 6.07) is 10.1. The summed E-state index contributed by atoms with van der Waals surface area (Å²) in [6.45, 7) is -0.147. The Bertz CT molecular complexity index is 743. The molecule has 0 heterocycles. The second kappa shape index (κ2) is 6.33. The van der Waals surface area contributed by atoms with Crippen molar-refractivity contribution in [3.8, 4) is 11.8 Å². The van der Waals surface area contributed by atoms with E-state index >= 15 is 0 Å². The Morgan fingerprint density at radius 1 is 1.33 bits per heavy atom. The minimum atomic E-state index is -0.645. The SMILES string of the molecule is N#Cc1ccc(OCc2ccc(Br)cc2F)c([N+](=O)[O-])c1. The molecule has 5 nitrogen and oxygen atoms in total. The van der Waals surface area contributed by atoms with Gasteiger partial charge in [-0.15, -0.1) is 0 Å². The lowest BCUT2D eigenvalue weighted by Gasteiger charge is -2.08. The third kappa shape index (κ3) is 3.55. The zero-order chi connectivity index (χ0) is 15.4. The molecule has 106 valence electrons. The van der Waals surface area contributed by atoms with Crippen molar-refractivity contribution in [3.63, 3.8) is 0 Å². The van der Waals surface area contributed by atoms with Crippen LogP contribution in [0.4, 0.5) is 10.1 Å². The minimum Gasteiger partial charge on any atom is -0.482 e. The van der Waals surface area contributed by atoms with Gasteiger partial charge in [0.25, 0.3) is 0 Å². The van der Waals surface area contributed by atoms with Crippen molar-refractivity contribution in [2.75, 3.05) is 0 Å². The van der Waals surface area contributed by atoms with Crippen molar-refractivity contribution in [2.45, 2.75) is 6.61 Å². The zero-order valence-corrected chi connectivity index (χ0v) is 12.1. The largest absolute Gasteiger partial charge is 0.482 e. The van der Waals surface area contributed by atoms with Crippen molar-refractivity contribution >= 4 is 21.6 Å². The fourth-order valence-corrected chi connectivity index (χ4v) is 1.98. The molecule has 0 fully saturated rings. The number of nitrogens with zero attached hydrogens (tertiary/aromatic N) is 2. The monoisotopic (exact) mass is 350 g/mol. The molecule has 0 saturated carbocycles. The maximum Gasteiger partial charge on any atom is 0.312 e. The van der Waals surface area contributed by atoms with Crippen LogP contribution in [0.5, 0.6) is 5.75 Å². The average molecular weight is 351 g/mol. The van der Waals surface area contributed by atoms with Gasteiger partial charge >= 0.3 is 5.69 Å². The average Bonchev–Trinajstić information content (AvgIpc) is 2.46. The number of halogens is 2. The molecule has 2 aromatic rings. The summed E-state index contributed by atoms with van der Waals surface area (Å²) in [5.41, 5.74) is 0.104. The highest BCUT2D eigenvalue weighted by atomic mass is 79.9. The van der Waals surface area contributed by atoms with Crippen molar-refractivity contribution in [1.82, 2.24) is 0 Å². The van der Waals surface area contributed by atoms with Gasteiger partial charge in [-0.05, 0) is 24.3 Å². The molecular formula is C14H8BrFN2O3. The Balaban J connectivity index is 2.24. The molecule has 0 unspecified atom stereocenters. The zero-order valence-electron chi connectivity index (χ0n) is 10.5. The number of hydrogen-bond acceptors (Lipinski definition) is 4. The van der Waals surface area contributed by atoms with E-state index in [0.29, 0.717) is 4.47 Å². The van der Waals surface area contributed by atoms with Crippen LogP contribution in [0.2, 0.25) is 0 Å². The normalized spacial score (nSPS) is 9.95. The molecule has 7 heteroatoms. The molecule has 21 heavy (non-hydrogen) atoms. The predicted octanol–water partition coefficient (Wildman–Crippen LogP) is 3.95. The summed E-state index contributed by atoms with van der Waals surface area (Å²) in [5.74, 6) is -0.484. The van der Waals surface area contributed by atoms with Crippen LogP contribution >= 0.6 is 15.9 Å². The molecule has 0 atom stereocenters. The van der Waals surface area contributed by atoms with Crippen molar-refractivity contribution in [2.24, 2.45) is 0 Å². The number of hydrogen-bond donors (Lipinski definition) is 0. The molecule has 2 rings (SSSR count). The second-order valence-electron chi connectivity index (χ2n) is 4.08. The van der Waals surface area contributed by atoms with Gasteiger partial charge in [-0.2, -0.15) is 5.26 Å². The molecule has 0 saturated heterocycles. The van der Waals surface area contributed by atoms with Gasteiger partial charge in [-0.1, -0.05) is 22.0 Å². The van der Waals surface area contributed by atoms with E-state index in [1.54, 1.807) is 6.07 Å². The number of nitro groups is 1. The third-order valence-corrected chi connectivity index (χ3v) is 3.18. The van der Waals surface area contributed by atoms with Crippen LogP contribution in [0.25, 0.3) is 0 Å². The Kier molecular flexibility index (Phi) is 4.50. The van der Waals surface area contributed by atoms with Crippen LogP contribution in [-0.2, 0) is 6.61 Å². The van der Waals surface area contributed by atoms with Crippen LogP contribution in [0, 0.1) is 27.3 Å². The van der Waals surface area contributed by atoms with Gasteiger partial charge in [-0.3, -0.25) is 10.1 Å². The molecule has 0 bridgehead atoms. The van der Waals surface area contributed by atoms with Crippen molar-refractivity contribution in [3.05, 3.63) is 67.9 Å². The highest BCUT2D eigenvalue weighted by molar-refractivity contribution is 9.10. The number of ether oxygens (including phenoxy) is 1. The Labute approximate surface area is 127 Å². The molecule has 0 aliphatic heterocycles. The first-order valence-corrected chi connectivity index (χ1v) is 6.56. The number of nitriles is 1. The van der Waals surface area contributed by atoms with Gasteiger partial charge in [0, 0.05) is 16.1 Å². The number of benzene rings is 2. The van der Waals surface area contributed by atoms with E-state index in [2.05, 4.69) is 15.9 Å². The summed E-state index contributed by atoms with van der Waals surface area (Å²) in [6.07, 6.45) is 0. The Hall–Kier alpha value is -2.46. The Morgan fingerprint density at radius 2 is 2.10 bits per heavy atom. The number of nitro benzene ring substituents is 1. The molecule has 0 aliphatic rings. The molecule has 2 aromatic carbocycles. The van der Waals surface area contributed by atoms with E-state index < -0.39 is 10.7 Å². The van der Waals surface area contributed by atoms with Crippen LogP contribution in [0.1, 0.15) is 11.1 Å². The summed E-state index contributed by atoms with van der Waals surface area (Å²) in [7, 11) is 0. The number of rotatable bonds is 4. The molecule has 0 N–H and O–H groups in total. The molecule has 0 amide bonds. The van der Waals surface area contributed by atoms with Gasteiger partial charge in [0.1, 0.15) is 12.4 Å². The summed E-state index contributed by atoms with van der Waals surface area (Å²) in [4.78, 5) is 10.3. The highest BCUT2D eigenvalue weighted by Crippen LogP contribution is 2.29. The van der Waals surface area contributed by atoms with Gasteiger partial charge in [0.15, 0.2) is 5.75 Å². The van der Waals surface area contributed by atoms with Crippen LogP contribution in [0.3, 0.4) is 0 Å². The van der Waals surface area contributed by atoms with E-state index in [1.165, 1.54) is 24.3 Å². The standard InChI is InChI=1S/C14H8BrFN2O3/c15-11-3-2-10(12(16)6-11)8-21-14-4-1-9(7-17)5-13(14)18(19)20/h1-6H,8H2. The first-order chi connectivity index (χ1) is 10.0. The minimum absolute atomic E-state index is 0.0127. The second-order valence-corrected chi connectivity index (χ2v) is 4.99. The van der Waals surface area contributed by atoms with Crippen molar-refractivity contribution in [1.29, 1.82) is 5.26 Å². The molecule has 0 aromatic heterocycles. The molecular weight excluding hydrogens is 343 g/mol. The lowest BCUT2D eigenvalue weighted by Crippen LogP contribution is -2.01. The molecule has 0 radical (unpaired) electrons. The topological polar surface area (TPSA) is 76.2 Å². The van der Waals surface area contributed by atoms with E-state index in [1.807, 2.05) is 6.07 Å². The fraction of sp³-hybridized carbons (Fsp3) is 0.0714. The maximum absolute atomic E-state index is 13.6. The first-order valence-electron chi connectivity index (χ1n) is 5.76. The van der Waals surface area contributed by atoms with Crippen LogP contribution < -0.4 is 4.74 Å². The highest BCUT2D eigenvalue weighted by Gasteiger charge is 2.16. The summed E-state index contributed by atoms with van der Waals surface area (Å²) >= 11 is 3.14. The van der Waals surface area contributed by atoms with Crippen LogP contribution in [-0.4, -0.2) is 4.92 Å². The smallest absolute Gasteiger partial charge is 0.312 e. The quantitative estimate of drug-likeness (QED) is 0.617. The van der Waals surface area contributed by atoms with Gasteiger partial charge in [0.05, 0.1) is 16.6 Å². The predicted molar refractivity (Wildman–Crippen MR) is 76.2 cm³/mol. The van der Waals surface area contributed by atoms with Gasteiger partial charge in [0.2, 0.25) is 0 Å². The van der Waals surface area contributed by atoms with E-state index in [0.717, 1.165) is 6.07 Å². The van der Waals surface area contributed by atoms with Crippen LogP contribution in [0.15, 0.2) is 40.9 Å². The summed E-state index contributed by atoms with van der Waals surface area (Å²) in [5, 5.41) is 19.7. The van der Waals surface area contributed by atoms with Gasteiger partial charge < -0.3 is 4.74 Å². The van der Waals surface area contributed by atoms with E-state index in [4.69, 9.17) is 10.00 Å². The summed E-state index contributed by atoms with van der Waals surface area (Å²) < 4.78 is 19.5. The first kappa shape index (κ1) is 14.9. The van der Waals surface area contributed by atoms with E-state index in [-0.39, 0.29) is 29.2 Å². The molecule has 0 spiro atoms. The Morgan fingerprint density at radius 3 is 2.71 bits per heavy atom. The fourth-order valence-electron chi connectivity index (χ4n) is 1.65. The van der Waals surface area contributed by atoms with Crippen molar-refractivity contribution < 1.29 is 14.1 Å². The van der Waals surface area contributed by atoms with Gasteiger partial charge in [-0.25, -0.2) is 4.39 Å². The lowest BCUT2D eigenvalue weighted by molar-refractivity contribution is -0.386. The lowest BCUT2D eigenvalue weighted by atomic mass is 10.2. The molecule has 0 aliphatic carbocycles. The van der Waals surface area contributed by atoms with E-state index in [9.17, 15) is 14.5 Å². The maximum atomic E-state index is 13.6.